The van der Waals surface area contributed by atoms with E-state index in [-0.39, 0.29) is 5.41 Å². The lowest BCUT2D eigenvalue weighted by atomic mass is 9.87. The zero-order chi connectivity index (χ0) is 17.3. The molecule has 126 valence electrons. The van der Waals surface area contributed by atoms with Crippen molar-refractivity contribution in [2.24, 2.45) is 0 Å². The molecule has 4 nitrogen and oxygen atoms in total. The third kappa shape index (κ3) is 3.41. The fourth-order valence-corrected chi connectivity index (χ4v) is 3.49. The molecule has 0 radical (unpaired) electrons. The highest BCUT2D eigenvalue weighted by Gasteiger charge is 2.15. The molecule has 0 fully saturated rings. The van der Waals surface area contributed by atoms with E-state index in [1.165, 1.54) is 5.56 Å². The summed E-state index contributed by atoms with van der Waals surface area (Å²) in [4.78, 5) is 12.6. The Morgan fingerprint density at radius 3 is 2.71 bits per heavy atom. The number of rotatable bonds is 4. The molecule has 0 atom stereocenters. The number of nitrogens with zero attached hydrogens (tertiary/aromatic N) is 2. The Morgan fingerprint density at radius 1 is 1.21 bits per heavy atom. The van der Waals surface area contributed by atoms with Gasteiger partial charge in [0, 0.05) is 17.5 Å². The highest BCUT2D eigenvalue weighted by Crippen LogP contribution is 2.29. The van der Waals surface area contributed by atoms with Crippen molar-refractivity contribution < 1.29 is 4.74 Å². The topological polar surface area (TPSA) is 50.8 Å². The number of ether oxygens (including phenoxy) is 1. The van der Waals surface area contributed by atoms with Gasteiger partial charge in [-0.3, -0.25) is 4.98 Å². The number of imidazole rings is 1. The first-order valence-electron chi connectivity index (χ1n) is 8.00. The largest absolute Gasteiger partial charge is 0.496 e. The van der Waals surface area contributed by atoms with E-state index in [4.69, 9.17) is 4.74 Å². The number of aromatic amines is 1. The molecular formula is C19H23N3OS. The van der Waals surface area contributed by atoms with Crippen LogP contribution in [0.25, 0.3) is 11.0 Å². The van der Waals surface area contributed by atoms with Gasteiger partial charge in [-0.05, 0) is 36.1 Å². The van der Waals surface area contributed by atoms with Gasteiger partial charge in [0.1, 0.15) is 5.75 Å². The van der Waals surface area contributed by atoms with Gasteiger partial charge in [0.05, 0.1) is 23.8 Å². The minimum absolute atomic E-state index is 0.133. The summed E-state index contributed by atoms with van der Waals surface area (Å²) in [6.07, 6.45) is 1.79. The van der Waals surface area contributed by atoms with Crippen LogP contribution in [-0.4, -0.2) is 22.1 Å². The Hall–Kier alpha value is -2.01. The van der Waals surface area contributed by atoms with Crippen LogP contribution in [0, 0.1) is 6.92 Å². The van der Waals surface area contributed by atoms with Gasteiger partial charge in [-0.2, -0.15) is 0 Å². The molecule has 3 rings (SSSR count). The summed E-state index contributed by atoms with van der Waals surface area (Å²) in [7, 11) is 1.69. The second-order valence-electron chi connectivity index (χ2n) is 6.90. The Kier molecular flexibility index (Phi) is 4.54. The van der Waals surface area contributed by atoms with Crippen molar-refractivity contribution in [2.45, 2.75) is 44.0 Å². The van der Waals surface area contributed by atoms with E-state index in [9.17, 15) is 0 Å². The van der Waals surface area contributed by atoms with Crippen LogP contribution in [-0.2, 0) is 11.2 Å². The lowest BCUT2D eigenvalue weighted by Crippen LogP contribution is -2.10. The number of fused-ring (bicyclic) bond motifs is 1. The number of nitrogens with one attached hydrogen (secondary N) is 1. The maximum atomic E-state index is 5.36. The van der Waals surface area contributed by atoms with Crippen LogP contribution in [0.15, 0.2) is 35.6 Å². The summed E-state index contributed by atoms with van der Waals surface area (Å²) in [5, 5.41) is 0.917. The average molecular weight is 341 g/mol. The van der Waals surface area contributed by atoms with Crippen LogP contribution < -0.4 is 4.74 Å². The summed E-state index contributed by atoms with van der Waals surface area (Å²) in [5.41, 5.74) is 5.63. The van der Waals surface area contributed by atoms with Crippen LogP contribution in [0.3, 0.4) is 0 Å². The van der Waals surface area contributed by atoms with Gasteiger partial charge in [0.2, 0.25) is 0 Å². The minimum atomic E-state index is 0.133. The van der Waals surface area contributed by atoms with Crippen LogP contribution in [0.5, 0.6) is 5.75 Å². The monoisotopic (exact) mass is 341 g/mol. The van der Waals surface area contributed by atoms with Crippen molar-refractivity contribution in [3.8, 4) is 5.75 Å². The lowest BCUT2D eigenvalue weighted by molar-refractivity contribution is 0.410. The molecule has 0 saturated heterocycles. The van der Waals surface area contributed by atoms with E-state index in [0.29, 0.717) is 0 Å². The third-order valence-corrected chi connectivity index (χ3v) is 5.04. The van der Waals surface area contributed by atoms with Crippen molar-refractivity contribution in [3.05, 3.63) is 47.3 Å². The summed E-state index contributed by atoms with van der Waals surface area (Å²) < 4.78 is 5.36. The molecule has 0 aliphatic heterocycles. The number of thioether (sulfide) groups is 1. The standard InChI is InChI=1S/C19H23N3OS/c1-12-16(20-9-8-17(12)23-5)11-24-18-21-14-7-6-13(19(2,3)4)10-15(14)22-18/h6-10H,11H2,1-5H3,(H,21,22). The van der Waals surface area contributed by atoms with Gasteiger partial charge in [0.15, 0.2) is 5.16 Å². The highest BCUT2D eigenvalue weighted by atomic mass is 32.2. The molecule has 5 heteroatoms. The molecule has 2 heterocycles. The van der Waals surface area contributed by atoms with Crippen LogP contribution in [0.1, 0.15) is 37.6 Å². The number of H-pyrrole nitrogens is 1. The second kappa shape index (κ2) is 6.48. The smallest absolute Gasteiger partial charge is 0.166 e. The third-order valence-electron chi connectivity index (χ3n) is 4.15. The van der Waals surface area contributed by atoms with Crippen LogP contribution in [0.2, 0.25) is 0 Å². The number of aromatic nitrogens is 3. The summed E-state index contributed by atoms with van der Waals surface area (Å²) in [6.45, 7) is 8.70. The molecule has 1 aromatic carbocycles. The van der Waals surface area contributed by atoms with Crippen molar-refractivity contribution in [1.29, 1.82) is 0 Å². The van der Waals surface area contributed by atoms with Crippen molar-refractivity contribution in [2.75, 3.05) is 7.11 Å². The maximum Gasteiger partial charge on any atom is 0.166 e. The van der Waals surface area contributed by atoms with E-state index in [2.05, 4.69) is 53.9 Å². The number of hydrogen-bond acceptors (Lipinski definition) is 4. The summed E-state index contributed by atoms with van der Waals surface area (Å²) >= 11 is 1.66. The first-order chi connectivity index (χ1) is 11.4. The molecule has 24 heavy (non-hydrogen) atoms. The van der Waals surface area contributed by atoms with E-state index < -0.39 is 0 Å². The number of pyridine rings is 1. The van der Waals surface area contributed by atoms with E-state index in [1.807, 2.05) is 13.0 Å². The van der Waals surface area contributed by atoms with Crippen LogP contribution >= 0.6 is 11.8 Å². The van der Waals surface area contributed by atoms with Gasteiger partial charge in [-0.1, -0.05) is 38.6 Å². The fourth-order valence-electron chi connectivity index (χ4n) is 2.58. The van der Waals surface area contributed by atoms with Gasteiger partial charge in [-0.15, -0.1) is 0 Å². The number of hydrogen-bond donors (Lipinski definition) is 1. The SMILES string of the molecule is COc1ccnc(CSc2nc3ccc(C(C)(C)C)cc3[nH]2)c1C. The fraction of sp³-hybridized carbons (Fsp3) is 0.368. The molecule has 0 amide bonds. The van der Waals surface area contributed by atoms with Gasteiger partial charge in [-0.25, -0.2) is 4.98 Å². The Bertz CT molecular complexity index is 865. The minimum Gasteiger partial charge on any atom is -0.496 e. The van der Waals surface area contributed by atoms with Crippen LogP contribution in [0.4, 0.5) is 0 Å². The van der Waals surface area contributed by atoms with Gasteiger partial charge >= 0.3 is 0 Å². The maximum absolute atomic E-state index is 5.36. The molecule has 1 N–H and O–H groups in total. The zero-order valence-corrected chi connectivity index (χ0v) is 15.6. The number of methoxy groups -OCH3 is 1. The van der Waals surface area contributed by atoms with Crippen molar-refractivity contribution in [3.63, 3.8) is 0 Å². The molecule has 0 aliphatic rings. The molecule has 3 aromatic rings. The molecule has 0 bridgehead atoms. The highest BCUT2D eigenvalue weighted by molar-refractivity contribution is 7.98. The summed E-state index contributed by atoms with van der Waals surface area (Å²) in [5.74, 6) is 1.63. The Morgan fingerprint density at radius 2 is 2.00 bits per heavy atom. The molecule has 0 unspecified atom stereocenters. The first kappa shape index (κ1) is 16.8. The molecule has 0 aliphatic carbocycles. The Labute approximate surface area is 147 Å². The zero-order valence-electron chi connectivity index (χ0n) is 14.8. The van der Waals surface area contributed by atoms with Gasteiger partial charge in [0.25, 0.3) is 0 Å². The second-order valence-corrected chi connectivity index (χ2v) is 7.86. The normalized spacial score (nSPS) is 11.9. The van der Waals surface area contributed by atoms with E-state index in [0.717, 1.165) is 38.9 Å². The van der Waals surface area contributed by atoms with Crippen molar-refractivity contribution in [1.82, 2.24) is 15.0 Å². The van der Waals surface area contributed by atoms with Crippen molar-refractivity contribution >= 4 is 22.8 Å². The quantitative estimate of drug-likeness (QED) is 0.688. The average Bonchev–Trinajstić information content (AvgIpc) is 2.95. The molecular weight excluding hydrogens is 318 g/mol. The predicted molar refractivity (Wildman–Crippen MR) is 99.9 cm³/mol. The molecule has 0 saturated carbocycles. The number of benzene rings is 1. The van der Waals surface area contributed by atoms with E-state index in [1.54, 1.807) is 25.1 Å². The Balaban J connectivity index is 1.81. The van der Waals surface area contributed by atoms with Gasteiger partial charge < -0.3 is 9.72 Å². The summed E-state index contributed by atoms with van der Waals surface area (Å²) in [6, 6.07) is 8.33. The molecule has 2 aromatic heterocycles. The van der Waals surface area contributed by atoms with E-state index >= 15 is 0 Å². The predicted octanol–water partition coefficient (Wildman–Crippen LogP) is 4.86. The lowest BCUT2D eigenvalue weighted by Gasteiger charge is -2.18. The first-order valence-corrected chi connectivity index (χ1v) is 8.98. The molecule has 0 spiro atoms.